The Balaban J connectivity index is 3.95. The third-order valence-corrected chi connectivity index (χ3v) is 1.42. The van der Waals surface area contributed by atoms with E-state index >= 15 is 0 Å². The molecule has 0 saturated heterocycles. The van der Waals surface area contributed by atoms with Crippen molar-refractivity contribution in [3.63, 3.8) is 0 Å². The molecule has 0 aliphatic rings. The van der Waals surface area contributed by atoms with Gasteiger partial charge in [-0.25, -0.2) is 0 Å². The maximum absolute atomic E-state index is 9.81. The highest BCUT2D eigenvalue weighted by Crippen LogP contribution is 2.29. The molecule has 0 saturated carbocycles. The Morgan fingerprint density at radius 1 is 1.21 bits per heavy atom. The summed E-state index contributed by atoms with van der Waals surface area (Å²) in [6.45, 7) is 10.3. The molecule has 3 nitrogen and oxygen atoms in total. The fraction of sp³-hybridized carbons (Fsp3) is 0.727. The minimum absolute atomic E-state index is 0.174. The van der Waals surface area contributed by atoms with E-state index in [1.807, 2.05) is 13.8 Å². The molecule has 0 rings (SSSR count). The van der Waals surface area contributed by atoms with E-state index in [4.69, 9.17) is 9.78 Å². The smallest absolute Gasteiger partial charge is 0.229 e. The van der Waals surface area contributed by atoms with Gasteiger partial charge in [-0.1, -0.05) is 20.8 Å². The Bertz CT molecular complexity index is 199. The molecule has 0 spiro atoms. The van der Waals surface area contributed by atoms with E-state index in [1.54, 1.807) is 6.29 Å². The maximum atomic E-state index is 9.81. The zero-order chi connectivity index (χ0) is 11.2. The van der Waals surface area contributed by atoms with Gasteiger partial charge >= 0.3 is 0 Å². The lowest BCUT2D eigenvalue weighted by Crippen LogP contribution is -2.29. The number of rotatable bonds is 5. The van der Waals surface area contributed by atoms with Crippen LogP contribution in [0.2, 0.25) is 0 Å². The molecule has 81 valence electrons. The summed E-state index contributed by atoms with van der Waals surface area (Å²) in [5.41, 5.74) is -0.196. The molecule has 0 unspecified atom stereocenters. The van der Waals surface area contributed by atoms with Crippen molar-refractivity contribution in [3.05, 3.63) is 12.3 Å². The van der Waals surface area contributed by atoms with Crippen LogP contribution in [0, 0.1) is 5.41 Å². The lowest BCUT2D eigenvalue weighted by molar-refractivity contribution is -0.321. The maximum Gasteiger partial charge on any atom is 0.229 e. The molecular formula is C11H19O3. The van der Waals surface area contributed by atoms with Gasteiger partial charge in [0.2, 0.25) is 6.29 Å². The first-order chi connectivity index (χ1) is 6.27. The standard InChI is InChI=1S/C11H19O3/c1-10(2,3)9-11(4,5)14-13-8-6-7-12/h6,8H,9H2,1-5H3. The van der Waals surface area contributed by atoms with Gasteiger partial charge in [0.25, 0.3) is 0 Å². The van der Waals surface area contributed by atoms with E-state index in [-0.39, 0.29) is 11.0 Å². The number of allylic oxidation sites excluding steroid dienone is 1. The van der Waals surface area contributed by atoms with Crippen molar-refractivity contribution in [3.8, 4) is 0 Å². The van der Waals surface area contributed by atoms with Gasteiger partial charge in [0.15, 0.2) is 0 Å². The van der Waals surface area contributed by atoms with E-state index in [0.717, 1.165) is 12.5 Å². The number of carbonyl (C=O) groups excluding carboxylic acids is 1. The van der Waals surface area contributed by atoms with Crippen LogP contribution in [0.5, 0.6) is 0 Å². The van der Waals surface area contributed by atoms with Crippen molar-refractivity contribution in [1.29, 1.82) is 0 Å². The molecule has 14 heavy (non-hydrogen) atoms. The van der Waals surface area contributed by atoms with Crippen molar-refractivity contribution in [2.45, 2.75) is 46.6 Å². The first-order valence-corrected chi connectivity index (χ1v) is 4.64. The summed E-state index contributed by atoms with van der Waals surface area (Å²) in [5, 5.41) is 0. The monoisotopic (exact) mass is 199 g/mol. The molecule has 0 amide bonds. The molecule has 0 N–H and O–H groups in total. The van der Waals surface area contributed by atoms with Gasteiger partial charge in [0.05, 0.1) is 0 Å². The van der Waals surface area contributed by atoms with E-state index in [9.17, 15) is 4.79 Å². The Morgan fingerprint density at radius 3 is 2.21 bits per heavy atom. The highest BCUT2D eigenvalue weighted by Gasteiger charge is 2.27. The molecular weight excluding hydrogens is 180 g/mol. The molecule has 0 fully saturated rings. The first-order valence-electron chi connectivity index (χ1n) is 4.64. The molecule has 0 heterocycles. The zero-order valence-corrected chi connectivity index (χ0v) is 9.59. The third kappa shape index (κ3) is 7.80. The molecule has 0 atom stereocenters. The second-order valence-corrected chi connectivity index (χ2v) is 5.10. The van der Waals surface area contributed by atoms with Gasteiger partial charge in [-0.05, 0) is 25.7 Å². The zero-order valence-electron chi connectivity index (χ0n) is 9.59. The lowest BCUT2D eigenvalue weighted by atomic mass is 9.84. The van der Waals surface area contributed by atoms with E-state index in [0.29, 0.717) is 0 Å². The summed E-state index contributed by atoms with van der Waals surface area (Å²) in [6.07, 6.45) is 4.72. The summed E-state index contributed by atoms with van der Waals surface area (Å²) in [6, 6.07) is 0. The molecule has 0 aromatic rings. The Morgan fingerprint density at radius 2 is 1.79 bits per heavy atom. The largest absolute Gasteiger partial charge is 0.345 e. The fourth-order valence-electron chi connectivity index (χ4n) is 1.52. The normalized spacial score (nSPS) is 13.2. The number of hydrogen-bond acceptors (Lipinski definition) is 3. The van der Waals surface area contributed by atoms with Crippen LogP contribution in [0.25, 0.3) is 0 Å². The number of hydrogen-bond donors (Lipinski definition) is 0. The lowest BCUT2D eigenvalue weighted by Gasteiger charge is -2.30. The molecule has 1 radical (unpaired) electrons. The van der Waals surface area contributed by atoms with Crippen molar-refractivity contribution >= 4 is 6.29 Å². The summed E-state index contributed by atoms with van der Waals surface area (Å²) < 4.78 is 0. The Kier molecular flexibility index (Phi) is 4.85. The second-order valence-electron chi connectivity index (χ2n) is 5.10. The van der Waals surface area contributed by atoms with Crippen molar-refractivity contribution in [2.75, 3.05) is 0 Å². The minimum Gasteiger partial charge on any atom is -0.345 e. The van der Waals surface area contributed by atoms with Crippen molar-refractivity contribution in [2.24, 2.45) is 5.41 Å². The highest BCUT2D eigenvalue weighted by molar-refractivity contribution is 5.64. The van der Waals surface area contributed by atoms with E-state index < -0.39 is 0 Å². The van der Waals surface area contributed by atoms with Crippen LogP contribution in [-0.4, -0.2) is 11.9 Å². The molecule has 3 heteroatoms. The Hall–Kier alpha value is -0.830. The third-order valence-electron chi connectivity index (χ3n) is 1.42. The summed E-state index contributed by atoms with van der Waals surface area (Å²) in [7, 11) is 0. The summed E-state index contributed by atoms with van der Waals surface area (Å²) >= 11 is 0. The van der Waals surface area contributed by atoms with Crippen LogP contribution in [-0.2, 0) is 14.6 Å². The molecule has 0 aromatic carbocycles. The van der Waals surface area contributed by atoms with Crippen LogP contribution in [0.15, 0.2) is 12.3 Å². The average molecular weight is 199 g/mol. The van der Waals surface area contributed by atoms with Crippen LogP contribution >= 0.6 is 0 Å². The van der Waals surface area contributed by atoms with Gasteiger partial charge in [-0.15, -0.1) is 0 Å². The molecule has 0 aliphatic carbocycles. The van der Waals surface area contributed by atoms with E-state index in [1.165, 1.54) is 6.26 Å². The quantitative estimate of drug-likeness (QED) is 0.295. The predicted octanol–water partition coefficient (Wildman–Crippen LogP) is 2.77. The summed E-state index contributed by atoms with van der Waals surface area (Å²) in [5.74, 6) is 0. The van der Waals surface area contributed by atoms with Crippen molar-refractivity contribution in [1.82, 2.24) is 0 Å². The first kappa shape index (κ1) is 13.2. The fourth-order valence-corrected chi connectivity index (χ4v) is 1.52. The van der Waals surface area contributed by atoms with Crippen LogP contribution < -0.4 is 0 Å². The van der Waals surface area contributed by atoms with E-state index in [2.05, 4.69) is 20.8 Å². The van der Waals surface area contributed by atoms with Crippen molar-refractivity contribution < 1.29 is 14.6 Å². The second kappa shape index (κ2) is 5.15. The van der Waals surface area contributed by atoms with Crippen LogP contribution in [0.3, 0.4) is 0 Å². The van der Waals surface area contributed by atoms with Crippen LogP contribution in [0.1, 0.15) is 41.0 Å². The van der Waals surface area contributed by atoms with Gasteiger partial charge in [-0.2, -0.15) is 4.89 Å². The molecule has 0 aromatic heterocycles. The van der Waals surface area contributed by atoms with Gasteiger partial charge in [0, 0.05) is 6.08 Å². The predicted molar refractivity (Wildman–Crippen MR) is 55.2 cm³/mol. The van der Waals surface area contributed by atoms with Gasteiger partial charge in [0.1, 0.15) is 11.9 Å². The topological polar surface area (TPSA) is 35.5 Å². The van der Waals surface area contributed by atoms with Gasteiger partial charge in [-0.3, -0.25) is 4.79 Å². The highest BCUT2D eigenvalue weighted by atomic mass is 17.2. The Labute approximate surface area is 86.0 Å². The van der Waals surface area contributed by atoms with Crippen LogP contribution in [0.4, 0.5) is 0 Å². The average Bonchev–Trinajstić information content (AvgIpc) is 1.93. The molecule has 0 bridgehead atoms. The summed E-state index contributed by atoms with van der Waals surface area (Å²) in [4.78, 5) is 19.7. The minimum atomic E-state index is -0.370. The SMILES string of the molecule is CC(C)(C)CC(C)(C)OOC=C[C]=O. The molecule has 0 aliphatic heterocycles. The van der Waals surface area contributed by atoms with Gasteiger partial charge < -0.3 is 4.89 Å².